The third-order valence-corrected chi connectivity index (χ3v) is 5.52. The van der Waals surface area contributed by atoms with Crippen LogP contribution in [0.5, 0.6) is 0 Å². The third kappa shape index (κ3) is 7.36. The molecule has 0 bridgehead atoms. The molecule has 0 fully saturated rings. The molecule has 0 saturated heterocycles. The van der Waals surface area contributed by atoms with Crippen molar-refractivity contribution in [3.05, 3.63) is 41.7 Å². The first-order chi connectivity index (χ1) is 11.9. The van der Waals surface area contributed by atoms with Gasteiger partial charge in [-0.1, -0.05) is 17.7 Å². The molecule has 0 aromatic carbocycles. The van der Waals surface area contributed by atoms with Gasteiger partial charge >= 0.3 is 0 Å². The van der Waals surface area contributed by atoms with Crippen LogP contribution in [0.2, 0.25) is 0 Å². The molecule has 2 rings (SSSR count). The van der Waals surface area contributed by atoms with Gasteiger partial charge in [0.15, 0.2) is 0 Å². The normalized spacial score (nSPS) is 15.0. The van der Waals surface area contributed by atoms with E-state index in [0.29, 0.717) is 12.2 Å². The lowest BCUT2D eigenvalue weighted by molar-refractivity contribution is -0.121. The summed E-state index contributed by atoms with van der Waals surface area (Å²) in [6, 6.07) is 5.37. The number of pyridine rings is 1. The van der Waals surface area contributed by atoms with Crippen molar-refractivity contribution in [3.63, 3.8) is 0 Å². The van der Waals surface area contributed by atoms with E-state index in [1.165, 1.54) is 22.7 Å². The molecule has 7 heteroatoms. The highest BCUT2D eigenvalue weighted by atomic mass is 32.2. The standard InChI is InChI=1S/C18H27N3O3S/c1-25(23,24)21(15-17-9-5-6-12-19-17)14-11-18(22)20-13-10-16-7-3-2-4-8-16/h5-7,9,12H,2-4,8,10-11,13-15H2,1H3,(H,20,22). The first-order valence-electron chi connectivity index (χ1n) is 8.75. The van der Waals surface area contributed by atoms with Crippen LogP contribution in [0.15, 0.2) is 36.0 Å². The minimum atomic E-state index is -3.39. The molecule has 0 saturated carbocycles. The molecule has 1 aliphatic rings. The highest BCUT2D eigenvalue weighted by molar-refractivity contribution is 7.88. The fraction of sp³-hybridized carbons (Fsp3) is 0.556. The Balaban J connectivity index is 1.77. The fourth-order valence-corrected chi connectivity index (χ4v) is 3.63. The highest BCUT2D eigenvalue weighted by Crippen LogP contribution is 2.19. The Labute approximate surface area is 150 Å². The highest BCUT2D eigenvalue weighted by Gasteiger charge is 2.18. The second-order valence-corrected chi connectivity index (χ2v) is 8.36. The molecular formula is C18H27N3O3S. The SMILES string of the molecule is CS(=O)(=O)N(CCC(=O)NCCC1=CCCCC1)Cc1ccccn1. The van der Waals surface area contributed by atoms with Gasteiger partial charge in [0.05, 0.1) is 18.5 Å². The lowest BCUT2D eigenvalue weighted by Gasteiger charge is -2.19. The zero-order chi connectivity index (χ0) is 18.1. The Morgan fingerprint density at radius 3 is 2.80 bits per heavy atom. The van der Waals surface area contributed by atoms with Gasteiger partial charge in [-0.15, -0.1) is 0 Å². The molecule has 138 valence electrons. The second-order valence-electron chi connectivity index (χ2n) is 6.38. The number of nitrogens with one attached hydrogen (secondary N) is 1. The summed E-state index contributed by atoms with van der Waals surface area (Å²) in [5.74, 6) is -0.119. The van der Waals surface area contributed by atoms with Crippen molar-refractivity contribution in [2.75, 3.05) is 19.3 Å². The largest absolute Gasteiger partial charge is 0.356 e. The van der Waals surface area contributed by atoms with E-state index in [4.69, 9.17) is 0 Å². The van der Waals surface area contributed by atoms with Gasteiger partial charge in [-0.05, 0) is 44.2 Å². The van der Waals surface area contributed by atoms with Crippen LogP contribution < -0.4 is 5.32 Å². The van der Waals surface area contributed by atoms with Crippen LogP contribution in [0.1, 0.15) is 44.2 Å². The average molecular weight is 365 g/mol. The van der Waals surface area contributed by atoms with Gasteiger partial charge in [-0.3, -0.25) is 9.78 Å². The number of nitrogens with zero attached hydrogens (tertiary/aromatic N) is 2. The zero-order valence-electron chi connectivity index (χ0n) is 14.8. The predicted molar refractivity (Wildman–Crippen MR) is 98.3 cm³/mol. The van der Waals surface area contributed by atoms with Crippen molar-refractivity contribution in [1.29, 1.82) is 0 Å². The third-order valence-electron chi connectivity index (χ3n) is 4.28. The van der Waals surface area contributed by atoms with Crippen LogP contribution in [0, 0.1) is 0 Å². The van der Waals surface area contributed by atoms with Gasteiger partial charge < -0.3 is 5.32 Å². The van der Waals surface area contributed by atoms with Gasteiger partial charge in [0, 0.05) is 25.7 Å². The fourth-order valence-electron chi connectivity index (χ4n) is 2.84. The molecular weight excluding hydrogens is 338 g/mol. The summed E-state index contributed by atoms with van der Waals surface area (Å²) in [7, 11) is -3.39. The number of sulfonamides is 1. The van der Waals surface area contributed by atoms with Crippen molar-refractivity contribution >= 4 is 15.9 Å². The van der Waals surface area contributed by atoms with E-state index in [2.05, 4.69) is 16.4 Å². The average Bonchev–Trinajstić information content (AvgIpc) is 2.59. The summed E-state index contributed by atoms with van der Waals surface area (Å²) < 4.78 is 25.1. The van der Waals surface area contributed by atoms with Crippen LogP contribution in [0.4, 0.5) is 0 Å². The predicted octanol–water partition coefficient (Wildman–Crippen LogP) is 2.24. The number of allylic oxidation sites excluding steroid dienone is 1. The monoisotopic (exact) mass is 365 g/mol. The summed E-state index contributed by atoms with van der Waals surface area (Å²) in [6.45, 7) is 0.952. The summed E-state index contributed by atoms with van der Waals surface area (Å²) in [5.41, 5.74) is 2.08. The van der Waals surface area contributed by atoms with Crippen LogP contribution in [0.3, 0.4) is 0 Å². The molecule has 1 N–H and O–H groups in total. The van der Waals surface area contributed by atoms with Crippen molar-refractivity contribution in [2.24, 2.45) is 0 Å². The van der Waals surface area contributed by atoms with Gasteiger partial charge in [0.2, 0.25) is 15.9 Å². The molecule has 1 amide bonds. The van der Waals surface area contributed by atoms with Gasteiger partial charge in [0.25, 0.3) is 0 Å². The van der Waals surface area contributed by atoms with E-state index in [1.54, 1.807) is 18.3 Å². The molecule has 0 unspecified atom stereocenters. The maximum atomic E-state index is 12.0. The number of hydrogen-bond donors (Lipinski definition) is 1. The Kier molecular flexibility index (Phi) is 7.58. The van der Waals surface area contributed by atoms with Gasteiger partial charge in [0.1, 0.15) is 0 Å². The maximum Gasteiger partial charge on any atom is 0.221 e. The van der Waals surface area contributed by atoms with Crippen molar-refractivity contribution in [2.45, 2.75) is 45.1 Å². The smallest absolute Gasteiger partial charge is 0.221 e. The summed E-state index contributed by atoms with van der Waals surface area (Å²) >= 11 is 0. The number of hydrogen-bond acceptors (Lipinski definition) is 4. The number of carbonyl (C=O) groups excluding carboxylic acids is 1. The van der Waals surface area contributed by atoms with E-state index in [1.807, 2.05) is 6.07 Å². The number of rotatable bonds is 9. The molecule has 0 aliphatic heterocycles. The van der Waals surface area contributed by atoms with Gasteiger partial charge in [-0.2, -0.15) is 4.31 Å². The minimum Gasteiger partial charge on any atom is -0.356 e. The van der Waals surface area contributed by atoms with Crippen LogP contribution in [-0.4, -0.2) is 43.0 Å². The molecule has 25 heavy (non-hydrogen) atoms. The Morgan fingerprint density at radius 1 is 1.32 bits per heavy atom. The zero-order valence-corrected chi connectivity index (χ0v) is 15.6. The van der Waals surface area contributed by atoms with Crippen molar-refractivity contribution in [3.8, 4) is 0 Å². The Morgan fingerprint density at radius 2 is 2.16 bits per heavy atom. The van der Waals surface area contributed by atoms with Crippen LogP contribution in [0.25, 0.3) is 0 Å². The molecule has 1 aromatic rings. The number of carbonyl (C=O) groups is 1. The molecule has 1 aliphatic carbocycles. The van der Waals surface area contributed by atoms with Crippen LogP contribution >= 0.6 is 0 Å². The first-order valence-corrected chi connectivity index (χ1v) is 10.6. The second kappa shape index (κ2) is 9.68. The molecule has 1 aromatic heterocycles. The molecule has 1 heterocycles. The summed E-state index contributed by atoms with van der Waals surface area (Å²) in [6.07, 6.45) is 10.8. The van der Waals surface area contributed by atoms with E-state index in [0.717, 1.165) is 25.5 Å². The van der Waals surface area contributed by atoms with E-state index in [-0.39, 0.29) is 25.4 Å². The lowest BCUT2D eigenvalue weighted by atomic mass is 9.97. The molecule has 0 atom stereocenters. The van der Waals surface area contributed by atoms with E-state index >= 15 is 0 Å². The first kappa shape index (κ1) is 19.6. The summed E-state index contributed by atoms with van der Waals surface area (Å²) in [5, 5.41) is 2.88. The molecule has 0 spiro atoms. The topological polar surface area (TPSA) is 79.4 Å². The van der Waals surface area contributed by atoms with E-state index in [9.17, 15) is 13.2 Å². The lowest BCUT2D eigenvalue weighted by Crippen LogP contribution is -2.34. The van der Waals surface area contributed by atoms with E-state index < -0.39 is 10.0 Å². The van der Waals surface area contributed by atoms with Gasteiger partial charge in [-0.25, -0.2) is 8.42 Å². The quantitative estimate of drug-likeness (QED) is 0.681. The van der Waals surface area contributed by atoms with Crippen molar-refractivity contribution < 1.29 is 13.2 Å². The molecule has 6 nitrogen and oxygen atoms in total. The number of aromatic nitrogens is 1. The minimum absolute atomic E-state index is 0.119. The number of amides is 1. The Bertz CT molecular complexity index is 687. The van der Waals surface area contributed by atoms with Crippen LogP contribution in [-0.2, 0) is 21.4 Å². The van der Waals surface area contributed by atoms with Crippen molar-refractivity contribution in [1.82, 2.24) is 14.6 Å². The molecule has 0 radical (unpaired) electrons. The maximum absolute atomic E-state index is 12.0. The summed E-state index contributed by atoms with van der Waals surface area (Å²) in [4.78, 5) is 16.1. The Hall–Kier alpha value is -1.73.